The van der Waals surface area contributed by atoms with Gasteiger partial charge in [0.15, 0.2) is 6.10 Å². The Morgan fingerprint density at radius 2 is 2.17 bits per heavy atom. The van der Waals surface area contributed by atoms with E-state index in [1.807, 2.05) is 11.9 Å². The maximum absolute atomic E-state index is 12.3. The summed E-state index contributed by atoms with van der Waals surface area (Å²) in [5, 5.41) is 9.04. The molecule has 2 rings (SSSR count). The zero-order chi connectivity index (χ0) is 13.3. The second-order valence-electron chi connectivity index (χ2n) is 4.33. The number of anilines is 1. The van der Waals surface area contributed by atoms with Crippen LogP contribution in [0.5, 0.6) is 5.75 Å². The lowest BCUT2D eigenvalue weighted by Gasteiger charge is -2.28. The van der Waals surface area contributed by atoms with Crippen molar-refractivity contribution in [3.63, 3.8) is 0 Å². The first-order valence-corrected chi connectivity index (χ1v) is 5.59. The summed E-state index contributed by atoms with van der Waals surface area (Å²) in [5.74, 6) is 0.661. The van der Waals surface area contributed by atoms with Crippen LogP contribution in [0.2, 0.25) is 0 Å². The number of hydrogen-bond donors (Lipinski definition) is 1. The standard InChI is InChI=1S/C12H14F3NO2/c1-16-4-5-18-10-3-2-8(6-9(10)16)7-11(17)12(13,14)15/h2-3,6,11,17H,4-5,7H2,1H3. The molecule has 0 amide bonds. The van der Waals surface area contributed by atoms with Crippen molar-refractivity contribution in [2.45, 2.75) is 18.7 Å². The van der Waals surface area contributed by atoms with Crippen molar-refractivity contribution in [2.75, 3.05) is 25.1 Å². The number of fused-ring (bicyclic) bond motifs is 1. The molecular weight excluding hydrogens is 247 g/mol. The summed E-state index contributed by atoms with van der Waals surface area (Å²) >= 11 is 0. The molecule has 1 heterocycles. The van der Waals surface area contributed by atoms with Gasteiger partial charge in [-0.25, -0.2) is 0 Å². The molecule has 0 fully saturated rings. The Kier molecular flexibility index (Phi) is 3.38. The molecule has 3 nitrogen and oxygen atoms in total. The average Bonchev–Trinajstić information content (AvgIpc) is 2.29. The van der Waals surface area contributed by atoms with Crippen LogP contribution < -0.4 is 9.64 Å². The highest BCUT2D eigenvalue weighted by atomic mass is 19.4. The number of benzene rings is 1. The van der Waals surface area contributed by atoms with Crippen LogP contribution in [0.4, 0.5) is 18.9 Å². The third kappa shape index (κ3) is 2.69. The van der Waals surface area contributed by atoms with Crippen LogP contribution in [0.25, 0.3) is 0 Å². The summed E-state index contributed by atoms with van der Waals surface area (Å²) in [5.41, 5.74) is 1.20. The first-order valence-electron chi connectivity index (χ1n) is 5.59. The molecule has 1 N–H and O–H groups in total. The van der Waals surface area contributed by atoms with Crippen molar-refractivity contribution in [1.82, 2.24) is 0 Å². The molecule has 1 unspecified atom stereocenters. The lowest BCUT2D eigenvalue weighted by Crippen LogP contribution is -2.31. The summed E-state index contributed by atoms with van der Waals surface area (Å²) in [4.78, 5) is 1.92. The van der Waals surface area contributed by atoms with Gasteiger partial charge in [0.25, 0.3) is 0 Å². The van der Waals surface area contributed by atoms with Crippen LogP contribution >= 0.6 is 0 Å². The molecule has 1 atom stereocenters. The van der Waals surface area contributed by atoms with E-state index in [1.165, 1.54) is 0 Å². The van der Waals surface area contributed by atoms with Crippen LogP contribution in [0.3, 0.4) is 0 Å². The van der Waals surface area contributed by atoms with Gasteiger partial charge in [-0.2, -0.15) is 13.2 Å². The smallest absolute Gasteiger partial charge is 0.414 e. The summed E-state index contributed by atoms with van der Waals surface area (Å²) in [6.45, 7) is 1.26. The third-order valence-corrected chi connectivity index (χ3v) is 2.93. The normalized spacial score (nSPS) is 17.1. The highest BCUT2D eigenvalue weighted by Crippen LogP contribution is 2.32. The van der Waals surface area contributed by atoms with E-state index in [2.05, 4.69) is 0 Å². The summed E-state index contributed by atoms with van der Waals surface area (Å²) in [6.07, 6.45) is -7.35. The van der Waals surface area contributed by atoms with Gasteiger partial charge in [-0.15, -0.1) is 0 Å². The molecule has 1 aliphatic heterocycles. The van der Waals surface area contributed by atoms with E-state index in [0.717, 1.165) is 5.69 Å². The van der Waals surface area contributed by atoms with Gasteiger partial charge in [-0.1, -0.05) is 6.07 Å². The molecule has 100 valence electrons. The molecule has 6 heteroatoms. The molecule has 1 aromatic carbocycles. The van der Waals surface area contributed by atoms with Crippen molar-refractivity contribution < 1.29 is 23.0 Å². The highest BCUT2D eigenvalue weighted by Gasteiger charge is 2.38. The molecule has 0 saturated carbocycles. The molecular formula is C12H14F3NO2. The second-order valence-corrected chi connectivity index (χ2v) is 4.33. The Hall–Kier alpha value is -1.43. The van der Waals surface area contributed by atoms with E-state index in [0.29, 0.717) is 24.5 Å². The van der Waals surface area contributed by atoms with Crippen molar-refractivity contribution in [3.8, 4) is 5.75 Å². The Balaban J connectivity index is 2.18. The molecule has 0 spiro atoms. The maximum Gasteiger partial charge on any atom is 0.414 e. The number of hydrogen-bond acceptors (Lipinski definition) is 3. The second kappa shape index (κ2) is 4.68. The minimum Gasteiger partial charge on any atom is -0.490 e. The Morgan fingerprint density at radius 1 is 1.44 bits per heavy atom. The molecule has 0 bridgehead atoms. The lowest BCUT2D eigenvalue weighted by atomic mass is 10.1. The monoisotopic (exact) mass is 261 g/mol. The number of nitrogens with zero attached hydrogens (tertiary/aromatic N) is 1. The largest absolute Gasteiger partial charge is 0.490 e. The molecule has 0 saturated heterocycles. The van der Waals surface area contributed by atoms with Gasteiger partial charge in [-0.05, 0) is 17.7 Å². The van der Waals surface area contributed by atoms with Gasteiger partial charge < -0.3 is 14.7 Å². The maximum atomic E-state index is 12.3. The van der Waals surface area contributed by atoms with Gasteiger partial charge in [0.1, 0.15) is 12.4 Å². The average molecular weight is 261 g/mol. The Bertz CT molecular complexity index is 434. The fourth-order valence-corrected chi connectivity index (χ4v) is 1.86. The summed E-state index contributed by atoms with van der Waals surface area (Å²) < 4.78 is 42.2. The number of rotatable bonds is 2. The first kappa shape index (κ1) is 13.0. The van der Waals surface area contributed by atoms with E-state index >= 15 is 0 Å². The molecule has 0 radical (unpaired) electrons. The van der Waals surface area contributed by atoms with E-state index in [1.54, 1.807) is 18.2 Å². The lowest BCUT2D eigenvalue weighted by molar-refractivity contribution is -0.203. The summed E-state index contributed by atoms with van der Waals surface area (Å²) in [7, 11) is 1.85. The molecule has 0 aromatic heterocycles. The van der Waals surface area contributed by atoms with Crippen LogP contribution in [-0.4, -0.2) is 37.6 Å². The van der Waals surface area contributed by atoms with Crippen LogP contribution in [-0.2, 0) is 6.42 Å². The number of halogens is 3. The van der Waals surface area contributed by atoms with Gasteiger partial charge >= 0.3 is 6.18 Å². The molecule has 18 heavy (non-hydrogen) atoms. The SMILES string of the molecule is CN1CCOc2ccc(CC(O)C(F)(F)F)cc21. The van der Waals surface area contributed by atoms with Crippen molar-refractivity contribution in [2.24, 2.45) is 0 Å². The van der Waals surface area contributed by atoms with E-state index in [4.69, 9.17) is 9.84 Å². The van der Waals surface area contributed by atoms with Gasteiger partial charge in [0.2, 0.25) is 0 Å². The number of aliphatic hydroxyl groups excluding tert-OH is 1. The van der Waals surface area contributed by atoms with E-state index in [-0.39, 0.29) is 0 Å². The third-order valence-electron chi connectivity index (χ3n) is 2.93. The van der Waals surface area contributed by atoms with Crippen LogP contribution in [0, 0.1) is 0 Å². The quantitative estimate of drug-likeness (QED) is 0.883. The van der Waals surface area contributed by atoms with Crippen LogP contribution in [0.1, 0.15) is 5.56 Å². The minimum absolute atomic E-state index is 0.440. The molecule has 1 aromatic rings. The Morgan fingerprint density at radius 3 is 2.83 bits per heavy atom. The molecule has 1 aliphatic rings. The zero-order valence-corrected chi connectivity index (χ0v) is 9.87. The minimum atomic E-state index is -4.59. The first-order chi connectivity index (χ1) is 8.38. The van der Waals surface area contributed by atoms with Crippen molar-refractivity contribution in [1.29, 1.82) is 0 Å². The number of ether oxygens (including phenoxy) is 1. The van der Waals surface area contributed by atoms with Gasteiger partial charge in [0, 0.05) is 13.5 Å². The fourth-order valence-electron chi connectivity index (χ4n) is 1.86. The van der Waals surface area contributed by atoms with E-state index < -0.39 is 18.7 Å². The highest BCUT2D eigenvalue weighted by molar-refractivity contribution is 5.61. The zero-order valence-electron chi connectivity index (χ0n) is 9.87. The van der Waals surface area contributed by atoms with Crippen molar-refractivity contribution in [3.05, 3.63) is 23.8 Å². The summed E-state index contributed by atoms with van der Waals surface area (Å²) in [6, 6.07) is 4.82. The number of alkyl halides is 3. The Labute approximate surface area is 103 Å². The predicted octanol–water partition coefficient (Wildman–Crippen LogP) is 1.98. The number of aliphatic hydroxyl groups is 1. The van der Waals surface area contributed by atoms with Crippen LogP contribution in [0.15, 0.2) is 18.2 Å². The number of likely N-dealkylation sites (N-methyl/N-ethyl adjacent to an activating group) is 1. The van der Waals surface area contributed by atoms with Gasteiger partial charge in [0.05, 0.1) is 12.2 Å². The van der Waals surface area contributed by atoms with Crippen molar-refractivity contribution >= 4 is 5.69 Å². The predicted molar refractivity (Wildman–Crippen MR) is 61.0 cm³/mol. The van der Waals surface area contributed by atoms with E-state index in [9.17, 15) is 13.2 Å². The van der Waals surface area contributed by atoms with Gasteiger partial charge in [-0.3, -0.25) is 0 Å². The fraction of sp³-hybridized carbons (Fsp3) is 0.500. The molecule has 0 aliphatic carbocycles. The topological polar surface area (TPSA) is 32.7 Å².